The van der Waals surface area contributed by atoms with Gasteiger partial charge < -0.3 is 10.1 Å². The van der Waals surface area contributed by atoms with Crippen molar-refractivity contribution in [1.82, 2.24) is 0 Å². The van der Waals surface area contributed by atoms with Crippen LogP contribution in [0.25, 0.3) is 0 Å². The van der Waals surface area contributed by atoms with Gasteiger partial charge in [-0.3, -0.25) is 14.9 Å². The number of nitrogens with zero attached hydrogens (tertiary/aromatic N) is 1. The molecule has 0 heterocycles. The first-order chi connectivity index (χ1) is 11.8. The normalized spacial score (nSPS) is 11.7. The summed E-state index contributed by atoms with van der Waals surface area (Å²) in [5, 5.41) is 13.3. The van der Waals surface area contributed by atoms with Gasteiger partial charge in [-0.15, -0.1) is 11.8 Å². The van der Waals surface area contributed by atoms with E-state index in [1.165, 1.54) is 42.6 Å². The number of nitro groups is 1. The van der Waals surface area contributed by atoms with Crippen molar-refractivity contribution in [2.45, 2.75) is 30.9 Å². The summed E-state index contributed by atoms with van der Waals surface area (Å²) >= 11 is 1.43. The molecule has 1 N–H and O–H groups in total. The number of amides is 1. The Morgan fingerprint density at radius 2 is 1.92 bits per heavy atom. The Morgan fingerprint density at radius 3 is 2.52 bits per heavy atom. The average molecular weight is 360 g/mol. The van der Waals surface area contributed by atoms with Crippen molar-refractivity contribution >= 4 is 29.0 Å². The molecule has 0 aliphatic heterocycles. The molecule has 6 nitrogen and oxygen atoms in total. The number of methoxy groups -OCH3 is 1. The molecule has 0 unspecified atom stereocenters. The fraction of sp³-hybridized carbons (Fsp3) is 0.278. The van der Waals surface area contributed by atoms with Crippen LogP contribution in [0.2, 0.25) is 0 Å². The van der Waals surface area contributed by atoms with Crippen LogP contribution in [0.4, 0.5) is 11.4 Å². The minimum atomic E-state index is -0.512. The van der Waals surface area contributed by atoms with Gasteiger partial charge in [-0.2, -0.15) is 0 Å². The van der Waals surface area contributed by atoms with Gasteiger partial charge in [-0.1, -0.05) is 6.07 Å². The van der Waals surface area contributed by atoms with Crippen molar-refractivity contribution in [2.24, 2.45) is 0 Å². The summed E-state index contributed by atoms with van der Waals surface area (Å²) in [4.78, 5) is 23.9. The number of ether oxygens (including phenoxy) is 1. The van der Waals surface area contributed by atoms with Crippen molar-refractivity contribution in [3.8, 4) is 5.75 Å². The number of carbonyl (C=O) groups excluding carboxylic acids is 1. The molecular formula is C18H20N2O4S. The summed E-state index contributed by atoms with van der Waals surface area (Å²) in [6.07, 6.45) is 0. The monoisotopic (exact) mass is 360 g/mol. The van der Waals surface area contributed by atoms with Crippen LogP contribution in [0.3, 0.4) is 0 Å². The second-order valence-corrected chi connectivity index (χ2v) is 7.05. The molecule has 1 atom stereocenters. The van der Waals surface area contributed by atoms with Crippen molar-refractivity contribution < 1.29 is 14.5 Å². The van der Waals surface area contributed by atoms with Crippen LogP contribution >= 0.6 is 11.8 Å². The number of nitrogens with one attached hydrogen (secondary N) is 1. The first-order valence-corrected chi connectivity index (χ1v) is 8.57. The van der Waals surface area contributed by atoms with E-state index in [2.05, 4.69) is 5.32 Å². The molecule has 0 aliphatic carbocycles. The highest BCUT2D eigenvalue weighted by Gasteiger charge is 2.18. The van der Waals surface area contributed by atoms with Crippen LogP contribution in [0.1, 0.15) is 18.1 Å². The van der Waals surface area contributed by atoms with E-state index in [4.69, 9.17) is 4.74 Å². The second kappa shape index (κ2) is 8.02. The highest BCUT2D eigenvalue weighted by molar-refractivity contribution is 8.00. The van der Waals surface area contributed by atoms with Crippen LogP contribution in [0.5, 0.6) is 5.75 Å². The van der Waals surface area contributed by atoms with Crippen LogP contribution in [-0.2, 0) is 4.79 Å². The molecule has 2 aromatic carbocycles. The fourth-order valence-electron chi connectivity index (χ4n) is 2.19. The molecule has 0 saturated carbocycles. The Bertz CT molecular complexity index is 808. The zero-order valence-corrected chi connectivity index (χ0v) is 15.3. The van der Waals surface area contributed by atoms with Gasteiger partial charge in [0.2, 0.25) is 5.91 Å². The highest BCUT2D eigenvalue weighted by atomic mass is 32.2. The number of anilines is 1. The number of benzene rings is 2. The minimum Gasteiger partial charge on any atom is -0.495 e. The molecule has 7 heteroatoms. The van der Waals surface area contributed by atoms with Gasteiger partial charge in [0.1, 0.15) is 5.75 Å². The van der Waals surface area contributed by atoms with Crippen LogP contribution < -0.4 is 10.1 Å². The lowest BCUT2D eigenvalue weighted by Gasteiger charge is -2.14. The van der Waals surface area contributed by atoms with Crippen LogP contribution in [-0.4, -0.2) is 23.2 Å². The molecule has 25 heavy (non-hydrogen) atoms. The zero-order chi connectivity index (χ0) is 18.6. The molecule has 2 rings (SSSR count). The summed E-state index contributed by atoms with van der Waals surface area (Å²) < 4.78 is 5.16. The maximum absolute atomic E-state index is 12.5. The van der Waals surface area contributed by atoms with Gasteiger partial charge in [0.15, 0.2) is 0 Å². The van der Waals surface area contributed by atoms with Crippen molar-refractivity contribution in [1.29, 1.82) is 0 Å². The number of non-ortho nitro benzene ring substituents is 1. The highest BCUT2D eigenvalue weighted by Crippen LogP contribution is 2.31. The number of aryl methyl sites for hydroxylation is 2. The SMILES string of the molecule is COc1ccc([N+](=O)[O-])cc1NC(=O)[C@H](C)Sc1ccc(C)c(C)c1. The van der Waals surface area contributed by atoms with E-state index in [0.717, 1.165) is 10.5 Å². The number of carbonyl (C=O) groups is 1. The number of thioether (sulfide) groups is 1. The van der Waals surface area contributed by atoms with Gasteiger partial charge in [-0.25, -0.2) is 0 Å². The Kier molecular flexibility index (Phi) is 6.03. The molecule has 0 bridgehead atoms. The predicted molar refractivity (Wildman–Crippen MR) is 99.5 cm³/mol. The maximum atomic E-state index is 12.5. The van der Waals surface area contributed by atoms with Gasteiger partial charge in [-0.05, 0) is 50.1 Å². The van der Waals surface area contributed by atoms with Crippen molar-refractivity contribution in [3.05, 3.63) is 57.6 Å². The Labute approximate surface area is 150 Å². The molecule has 132 valence electrons. The lowest BCUT2D eigenvalue weighted by molar-refractivity contribution is -0.384. The number of nitro benzene ring substituents is 1. The lowest BCUT2D eigenvalue weighted by Crippen LogP contribution is -2.22. The lowest BCUT2D eigenvalue weighted by atomic mass is 10.1. The molecule has 2 aromatic rings. The molecule has 0 aromatic heterocycles. The van der Waals surface area contributed by atoms with Gasteiger partial charge in [0, 0.05) is 17.0 Å². The Balaban J connectivity index is 2.13. The Morgan fingerprint density at radius 1 is 1.20 bits per heavy atom. The van der Waals surface area contributed by atoms with E-state index in [-0.39, 0.29) is 22.5 Å². The average Bonchev–Trinajstić information content (AvgIpc) is 2.57. The zero-order valence-electron chi connectivity index (χ0n) is 14.5. The van der Waals surface area contributed by atoms with E-state index in [1.807, 2.05) is 32.0 Å². The van der Waals surface area contributed by atoms with Gasteiger partial charge >= 0.3 is 0 Å². The van der Waals surface area contributed by atoms with E-state index >= 15 is 0 Å². The third kappa shape index (κ3) is 4.73. The smallest absolute Gasteiger partial charge is 0.271 e. The molecule has 0 aliphatic rings. The van der Waals surface area contributed by atoms with Gasteiger partial charge in [0.25, 0.3) is 5.69 Å². The number of hydrogen-bond acceptors (Lipinski definition) is 5. The second-order valence-electron chi connectivity index (χ2n) is 5.64. The third-order valence-electron chi connectivity index (χ3n) is 3.81. The topological polar surface area (TPSA) is 81.5 Å². The number of hydrogen-bond donors (Lipinski definition) is 1. The molecule has 0 fully saturated rings. The van der Waals surface area contributed by atoms with E-state index in [9.17, 15) is 14.9 Å². The predicted octanol–water partition coefficient (Wildman–Crippen LogP) is 4.34. The summed E-state index contributed by atoms with van der Waals surface area (Å²) in [6.45, 7) is 5.85. The van der Waals surface area contributed by atoms with E-state index in [0.29, 0.717) is 5.75 Å². The Hall–Kier alpha value is -2.54. The maximum Gasteiger partial charge on any atom is 0.271 e. The standard InChI is InChI=1S/C18H20N2O4S/c1-11-5-7-15(9-12(11)2)25-13(3)18(21)19-16-10-14(20(22)23)6-8-17(16)24-4/h5-10,13H,1-4H3,(H,19,21)/t13-/m0/s1. The van der Waals surface area contributed by atoms with Crippen molar-refractivity contribution in [2.75, 3.05) is 12.4 Å². The molecule has 0 spiro atoms. The molecule has 0 saturated heterocycles. The quantitative estimate of drug-likeness (QED) is 0.471. The van der Waals surface area contributed by atoms with Crippen molar-refractivity contribution in [3.63, 3.8) is 0 Å². The summed E-state index contributed by atoms with van der Waals surface area (Å²) in [5.41, 5.74) is 2.54. The summed E-state index contributed by atoms with van der Waals surface area (Å²) in [6, 6.07) is 10.1. The van der Waals surface area contributed by atoms with Gasteiger partial charge in [0.05, 0.1) is 23.0 Å². The molecule has 1 amide bonds. The summed E-state index contributed by atoms with van der Waals surface area (Å²) in [5.74, 6) is 0.129. The fourth-order valence-corrected chi connectivity index (χ4v) is 3.15. The van der Waals surface area contributed by atoms with E-state index < -0.39 is 4.92 Å². The first kappa shape index (κ1) is 18.8. The minimum absolute atomic E-state index is 0.106. The number of rotatable bonds is 6. The van der Waals surface area contributed by atoms with Crippen LogP contribution in [0.15, 0.2) is 41.3 Å². The third-order valence-corrected chi connectivity index (χ3v) is 4.91. The van der Waals surface area contributed by atoms with Crippen LogP contribution in [0, 0.1) is 24.0 Å². The molecular weight excluding hydrogens is 340 g/mol. The largest absolute Gasteiger partial charge is 0.495 e. The molecule has 0 radical (unpaired) electrons. The summed E-state index contributed by atoms with van der Waals surface area (Å²) in [7, 11) is 1.45. The first-order valence-electron chi connectivity index (χ1n) is 7.69. The van der Waals surface area contributed by atoms with E-state index in [1.54, 1.807) is 6.92 Å².